The maximum absolute atomic E-state index is 12.4. The van der Waals surface area contributed by atoms with Crippen LogP contribution in [0.4, 0.5) is 0 Å². The number of piperidine rings is 1. The first-order valence-corrected chi connectivity index (χ1v) is 6.76. The molecule has 2 fully saturated rings. The Bertz CT molecular complexity index is 335. The molecule has 2 aliphatic heterocycles. The molecule has 18 heavy (non-hydrogen) atoms. The van der Waals surface area contributed by atoms with Gasteiger partial charge in [0.25, 0.3) is 0 Å². The highest BCUT2D eigenvalue weighted by atomic mass is 16.2. The Kier molecular flexibility index (Phi) is 3.90. The van der Waals surface area contributed by atoms with Gasteiger partial charge in [0.1, 0.15) is 0 Å². The second-order valence-electron chi connectivity index (χ2n) is 5.72. The van der Waals surface area contributed by atoms with Crippen LogP contribution in [0, 0.1) is 5.92 Å². The summed E-state index contributed by atoms with van der Waals surface area (Å²) in [5.41, 5.74) is 0. The minimum atomic E-state index is -0.105. The Hall–Kier alpha value is -1.10. The monoisotopic (exact) mass is 253 g/mol. The Balaban J connectivity index is 1.96. The van der Waals surface area contributed by atoms with Crippen LogP contribution in [-0.2, 0) is 9.59 Å². The summed E-state index contributed by atoms with van der Waals surface area (Å²) in [6.07, 6.45) is 1.18. The summed E-state index contributed by atoms with van der Waals surface area (Å²) in [6.45, 7) is 6.39. The van der Waals surface area contributed by atoms with E-state index >= 15 is 0 Å². The number of hydrogen-bond donors (Lipinski definition) is 1. The summed E-state index contributed by atoms with van der Waals surface area (Å²) >= 11 is 0. The molecule has 0 radical (unpaired) electrons. The van der Waals surface area contributed by atoms with Gasteiger partial charge in [0.15, 0.2) is 0 Å². The number of nitrogens with zero attached hydrogens (tertiary/aromatic N) is 2. The van der Waals surface area contributed by atoms with Crippen LogP contribution in [0.25, 0.3) is 0 Å². The van der Waals surface area contributed by atoms with E-state index in [1.807, 2.05) is 4.90 Å². The first-order chi connectivity index (χ1) is 8.47. The molecule has 0 aliphatic carbocycles. The van der Waals surface area contributed by atoms with Crippen LogP contribution in [0.3, 0.4) is 0 Å². The van der Waals surface area contributed by atoms with Crippen molar-refractivity contribution in [3.8, 4) is 0 Å². The molecule has 0 saturated carbocycles. The Morgan fingerprint density at radius 2 is 1.89 bits per heavy atom. The van der Waals surface area contributed by atoms with Gasteiger partial charge < -0.3 is 15.1 Å². The van der Waals surface area contributed by atoms with Gasteiger partial charge in [0.2, 0.25) is 11.8 Å². The van der Waals surface area contributed by atoms with Gasteiger partial charge in [-0.15, -0.1) is 0 Å². The second kappa shape index (κ2) is 5.26. The number of carbonyl (C=O) groups excluding carboxylic acids is 2. The SMILES string of the molecule is C[C@@H]1CN(C(=O)[C@H]2CCN(C)C(=O)C2)C[C@@H](C)N1. The van der Waals surface area contributed by atoms with E-state index in [0.29, 0.717) is 25.0 Å². The molecule has 5 heteroatoms. The lowest BCUT2D eigenvalue weighted by molar-refractivity contribution is -0.145. The smallest absolute Gasteiger partial charge is 0.226 e. The van der Waals surface area contributed by atoms with E-state index in [4.69, 9.17) is 0 Å². The molecule has 0 aromatic heterocycles. The molecule has 0 unspecified atom stereocenters. The summed E-state index contributed by atoms with van der Waals surface area (Å²) in [5.74, 6) is 0.152. The first-order valence-electron chi connectivity index (χ1n) is 6.76. The molecule has 3 atom stereocenters. The zero-order chi connectivity index (χ0) is 13.3. The highest BCUT2D eigenvalue weighted by molar-refractivity contribution is 5.87. The van der Waals surface area contributed by atoms with E-state index in [0.717, 1.165) is 19.5 Å². The fourth-order valence-corrected chi connectivity index (χ4v) is 2.92. The number of nitrogens with one attached hydrogen (secondary N) is 1. The molecule has 2 aliphatic rings. The van der Waals surface area contributed by atoms with Gasteiger partial charge in [0, 0.05) is 51.1 Å². The molecule has 0 spiro atoms. The van der Waals surface area contributed by atoms with Crippen LogP contribution >= 0.6 is 0 Å². The number of likely N-dealkylation sites (tertiary alicyclic amines) is 1. The molecule has 5 nitrogen and oxygen atoms in total. The molecule has 102 valence electrons. The third-order valence-corrected chi connectivity index (χ3v) is 3.88. The van der Waals surface area contributed by atoms with Crippen LogP contribution in [0.1, 0.15) is 26.7 Å². The molecular weight excluding hydrogens is 230 g/mol. The van der Waals surface area contributed by atoms with Gasteiger partial charge in [-0.1, -0.05) is 0 Å². The zero-order valence-electron chi connectivity index (χ0n) is 11.5. The maximum Gasteiger partial charge on any atom is 0.226 e. The van der Waals surface area contributed by atoms with E-state index in [1.165, 1.54) is 0 Å². The molecule has 2 heterocycles. The second-order valence-corrected chi connectivity index (χ2v) is 5.72. The summed E-state index contributed by atoms with van der Waals surface area (Å²) in [4.78, 5) is 27.7. The van der Waals surface area contributed by atoms with Crippen molar-refractivity contribution >= 4 is 11.8 Å². The number of amides is 2. The van der Waals surface area contributed by atoms with Gasteiger partial charge in [-0.25, -0.2) is 0 Å². The van der Waals surface area contributed by atoms with Gasteiger partial charge in [-0.3, -0.25) is 9.59 Å². The Labute approximate surface area is 108 Å². The summed E-state index contributed by atoms with van der Waals surface area (Å²) in [7, 11) is 1.80. The highest BCUT2D eigenvalue weighted by Crippen LogP contribution is 2.21. The van der Waals surface area contributed by atoms with Crippen molar-refractivity contribution in [1.29, 1.82) is 0 Å². The lowest BCUT2D eigenvalue weighted by Gasteiger charge is -2.39. The molecular formula is C13H23N3O2. The van der Waals surface area contributed by atoms with Crippen molar-refractivity contribution in [1.82, 2.24) is 15.1 Å². The molecule has 1 N–H and O–H groups in total. The van der Waals surface area contributed by atoms with Crippen molar-refractivity contribution in [2.24, 2.45) is 5.92 Å². The van der Waals surface area contributed by atoms with E-state index in [1.54, 1.807) is 11.9 Å². The van der Waals surface area contributed by atoms with Gasteiger partial charge in [-0.2, -0.15) is 0 Å². The van der Waals surface area contributed by atoms with Gasteiger partial charge in [0.05, 0.1) is 0 Å². The quantitative estimate of drug-likeness (QED) is 0.719. The van der Waals surface area contributed by atoms with Crippen molar-refractivity contribution in [3.63, 3.8) is 0 Å². The minimum Gasteiger partial charge on any atom is -0.346 e. The average Bonchev–Trinajstić information content (AvgIpc) is 2.30. The van der Waals surface area contributed by atoms with Crippen LogP contribution in [0.5, 0.6) is 0 Å². The zero-order valence-corrected chi connectivity index (χ0v) is 11.5. The van der Waals surface area contributed by atoms with Crippen molar-refractivity contribution in [2.75, 3.05) is 26.7 Å². The predicted octanol–water partition coefficient (Wildman–Crippen LogP) is 0.0636. The largest absolute Gasteiger partial charge is 0.346 e. The molecule has 2 amide bonds. The van der Waals surface area contributed by atoms with Crippen LogP contribution in [0.2, 0.25) is 0 Å². The molecule has 0 aromatic carbocycles. The van der Waals surface area contributed by atoms with Crippen molar-refractivity contribution in [2.45, 2.75) is 38.8 Å². The fourth-order valence-electron chi connectivity index (χ4n) is 2.92. The van der Waals surface area contributed by atoms with Gasteiger partial charge >= 0.3 is 0 Å². The molecule has 0 bridgehead atoms. The number of hydrogen-bond acceptors (Lipinski definition) is 3. The highest BCUT2D eigenvalue weighted by Gasteiger charge is 2.34. The number of carbonyl (C=O) groups is 2. The van der Waals surface area contributed by atoms with E-state index in [-0.39, 0.29) is 17.7 Å². The Morgan fingerprint density at radius 1 is 1.28 bits per heavy atom. The van der Waals surface area contributed by atoms with E-state index in [2.05, 4.69) is 19.2 Å². The third kappa shape index (κ3) is 2.83. The lowest BCUT2D eigenvalue weighted by atomic mass is 9.94. The number of piperazine rings is 1. The lowest BCUT2D eigenvalue weighted by Crippen LogP contribution is -2.57. The van der Waals surface area contributed by atoms with Crippen LogP contribution in [0.15, 0.2) is 0 Å². The van der Waals surface area contributed by atoms with Crippen molar-refractivity contribution in [3.05, 3.63) is 0 Å². The Morgan fingerprint density at radius 3 is 2.44 bits per heavy atom. The molecule has 2 rings (SSSR count). The summed E-state index contributed by atoms with van der Waals surface area (Å²) in [6, 6.07) is 0.666. The summed E-state index contributed by atoms with van der Waals surface area (Å²) in [5, 5.41) is 3.41. The number of rotatable bonds is 1. The van der Waals surface area contributed by atoms with Crippen molar-refractivity contribution < 1.29 is 9.59 Å². The van der Waals surface area contributed by atoms with Gasteiger partial charge in [-0.05, 0) is 20.3 Å². The molecule has 2 saturated heterocycles. The first kappa shape index (κ1) is 13.3. The normalized spacial score (nSPS) is 33.7. The van der Waals surface area contributed by atoms with E-state index in [9.17, 15) is 9.59 Å². The van der Waals surface area contributed by atoms with E-state index < -0.39 is 0 Å². The van der Waals surface area contributed by atoms with Crippen LogP contribution in [-0.4, -0.2) is 60.4 Å². The third-order valence-electron chi connectivity index (χ3n) is 3.88. The standard InChI is InChI=1S/C13H23N3O2/c1-9-7-16(8-10(2)14-9)13(18)11-4-5-15(3)12(17)6-11/h9-11,14H,4-8H2,1-3H3/t9-,10-,11+/m1/s1. The average molecular weight is 253 g/mol. The topological polar surface area (TPSA) is 52.7 Å². The molecule has 0 aromatic rings. The predicted molar refractivity (Wildman–Crippen MR) is 69.0 cm³/mol. The maximum atomic E-state index is 12.4. The summed E-state index contributed by atoms with van der Waals surface area (Å²) < 4.78 is 0. The fraction of sp³-hybridized carbons (Fsp3) is 0.846. The van der Waals surface area contributed by atoms with Crippen LogP contribution < -0.4 is 5.32 Å². The minimum absolute atomic E-state index is 0.0934.